The van der Waals surface area contributed by atoms with Crippen molar-refractivity contribution in [3.05, 3.63) is 35.9 Å². The van der Waals surface area contributed by atoms with Crippen molar-refractivity contribution in [1.29, 1.82) is 0 Å². The molecular weight excluding hydrogens is 256 g/mol. The number of carbonyl (C=O) groups excluding carboxylic acids is 2. The SMILES string of the molecule is COC(=O)CN1C(=O)[C@@H](C)N(C)CC1c1ccccc1. The Morgan fingerprint density at radius 2 is 2.00 bits per heavy atom. The molecule has 1 aromatic rings. The maximum absolute atomic E-state index is 12.4. The fourth-order valence-corrected chi connectivity index (χ4v) is 2.46. The molecule has 0 saturated carbocycles. The topological polar surface area (TPSA) is 49.9 Å². The molecular formula is C15H20N2O3. The molecule has 2 atom stereocenters. The van der Waals surface area contributed by atoms with Crippen LogP contribution in [0.25, 0.3) is 0 Å². The van der Waals surface area contributed by atoms with Gasteiger partial charge >= 0.3 is 5.97 Å². The Kier molecular flexibility index (Phi) is 4.39. The third-order valence-electron chi connectivity index (χ3n) is 3.85. The van der Waals surface area contributed by atoms with Crippen LogP contribution in [0.15, 0.2) is 30.3 Å². The van der Waals surface area contributed by atoms with Crippen molar-refractivity contribution < 1.29 is 14.3 Å². The van der Waals surface area contributed by atoms with Crippen LogP contribution in [0.5, 0.6) is 0 Å². The number of ether oxygens (including phenoxy) is 1. The van der Waals surface area contributed by atoms with E-state index in [2.05, 4.69) is 0 Å². The minimum Gasteiger partial charge on any atom is -0.468 e. The molecule has 0 radical (unpaired) electrons. The molecule has 2 rings (SSSR count). The summed E-state index contributed by atoms with van der Waals surface area (Å²) < 4.78 is 4.70. The molecule has 0 bridgehead atoms. The summed E-state index contributed by atoms with van der Waals surface area (Å²) in [5, 5.41) is 0. The van der Waals surface area contributed by atoms with Crippen LogP contribution in [0.3, 0.4) is 0 Å². The first-order valence-corrected chi connectivity index (χ1v) is 6.67. The summed E-state index contributed by atoms with van der Waals surface area (Å²) in [5.74, 6) is -0.436. The van der Waals surface area contributed by atoms with Gasteiger partial charge in [0.15, 0.2) is 0 Å². The molecule has 5 nitrogen and oxygen atoms in total. The second-order valence-corrected chi connectivity index (χ2v) is 5.08. The van der Waals surface area contributed by atoms with Crippen molar-refractivity contribution in [3.8, 4) is 0 Å². The quantitative estimate of drug-likeness (QED) is 0.775. The number of benzene rings is 1. The first kappa shape index (κ1) is 14.5. The van der Waals surface area contributed by atoms with E-state index in [9.17, 15) is 9.59 Å². The van der Waals surface area contributed by atoms with Crippen LogP contribution in [0.4, 0.5) is 0 Å². The molecule has 0 aromatic heterocycles. The van der Waals surface area contributed by atoms with E-state index < -0.39 is 5.97 Å². The molecule has 1 unspecified atom stereocenters. The van der Waals surface area contributed by atoms with Gasteiger partial charge in [0.1, 0.15) is 6.54 Å². The summed E-state index contributed by atoms with van der Waals surface area (Å²) in [4.78, 5) is 27.6. The Morgan fingerprint density at radius 3 is 2.60 bits per heavy atom. The smallest absolute Gasteiger partial charge is 0.325 e. The summed E-state index contributed by atoms with van der Waals surface area (Å²) in [7, 11) is 3.26. The van der Waals surface area contributed by atoms with Crippen LogP contribution in [0.1, 0.15) is 18.5 Å². The molecule has 1 fully saturated rings. The minimum absolute atomic E-state index is 0.00687. The highest BCUT2D eigenvalue weighted by Crippen LogP contribution is 2.27. The molecule has 0 aliphatic carbocycles. The molecule has 1 amide bonds. The van der Waals surface area contributed by atoms with E-state index in [-0.39, 0.29) is 24.5 Å². The number of carbonyl (C=O) groups is 2. The van der Waals surface area contributed by atoms with E-state index in [0.717, 1.165) is 5.56 Å². The van der Waals surface area contributed by atoms with Gasteiger partial charge in [0.25, 0.3) is 0 Å². The number of nitrogens with zero attached hydrogens (tertiary/aromatic N) is 2. The van der Waals surface area contributed by atoms with Crippen LogP contribution in [-0.2, 0) is 14.3 Å². The molecule has 1 aliphatic heterocycles. The van der Waals surface area contributed by atoms with Crippen LogP contribution < -0.4 is 0 Å². The van der Waals surface area contributed by atoms with Gasteiger partial charge in [-0.05, 0) is 19.5 Å². The van der Waals surface area contributed by atoms with Crippen molar-refractivity contribution in [3.63, 3.8) is 0 Å². The zero-order valence-corrected chi connectivity index (χ0v) is 12.1. The molecule has 1 saturated heterocycles. The average Bonchev–Trinajstić information content (AvgIpc) is 2.48. The van der Waals surface area contributed by atoms with E-state index in [1.165, 1.54) is 7.11 Å². The Labute approximate surface area is 119 Å². The third kappa shape index (κ3) is 2.82. The highest BCUT2D eigenvalue weighted by molar-refractivity contribution is 5.86. The summed E-state index contributed by atoms with van der Waals surface area (Å²) in [5.41, 5.74) is 1.03. The number of rotatable bonds is 3. The van der Waals surface area contributed by atoms with Gasteiger partial charge in [0.05, 0.1) is 19.2 Å². The Balaban J connectivity index is 2.30. The van der Waals surface area contributed by atoms with Crippen molar-refractivity contribution in [1.82, 2.24) is 9.80 Å². The van der Waals surface area contributed by atoms with E-state index in [1.54, 1.807) is 4.90 Å². The van der Waals surface area contributed by atoms with E-state index >= 15 is 0 Å². The van der Waals surface area contributed by atoms with E-state index in [0.29, 0.717) is 6.54 Å². The lowest BCUT2D eigenvalue weighted by atomic mass is 9.99. The highest BCUT2D eigenvalue weighted by Gasteiger charge is 2.37. The molecule has 20 heavy (non-hydrogen) atoms. The number of amides is 1. The van der Waals surface area contributed by atoms with Gasteiger partial charge < -0.3 is 9.64 Å². The second kappa shape index (κ2) is 6.05. The maximum atomic E-state index is 12.4. The lowest BCUT2D eigenvalue weighted by molar-refractivity contribution is -0.154. The fraction of sp³-hybridized carbons (Fsp3) is 0.467. The zero-order valence-electron chi connectivity index (χ0n) is 12.1. The van der Waals surface area contributed by atoms with Gasteiger partial charge in [-0.1, -0.05) is 30.3 Å². The molecule has 0 N–H and O–H groups in total. The average molecular weight is 276 g/mol. The van der Waals surface area contributed by atoms with Crippen LogP contribution in [-0.4, -0.2) is 55.0 Å². The standard InChI is InChI=1S/C15H20N2O3/c1-11-15(19)17(10-14(18)20-3)13(9-16(11)2)12-7-5-4-6-8-12/h4-8,11,13H,9-10H2,1-3H3/t11-,13?/m1/s1. The van der Waals surface area contributed by atoms with Gasteiger partial charge in [-0.25, -0.2) is 0 Å². The number of esters is 1. The number of hydrogen-bond acceptors (Lipinski definition) is 4. The van der Waals surface area contributed by atoms with Crippen molar-refractivity contribution in [2.24, 2.45) is 0 Å². The second-order valence-electron chi connectivity index (χ2n) is 5.08. The first-order valence-electron chi connectivity index (χ1n) is 6.67. The molecule has 0 spiro atoms. The van der Waals surface area contributed by atoms with E-state index in [1.807, 2.05) is 49.2 Å². The number of methoxy groups -OCH3 is 1. The van der Waals surface area contributed by atoms with Gasteiger partial charge in [-0.3, -0.25) is 14.5 Å². The summed E-state index contributed by atoms with van der Waals surface area (Å²) in [6.45, 7) is 2.55. The number of likely N-dealkylation sites (N-methyl/N-ethyl adjacent to an activating group) is 1. The molecule has 108 valence electrons. The van der Waals surface area contributed by atoms with Crippen LogP contribution in [0.2, 0.25) is 0 Å². The van der Waals surface area contributed by atoms with Gasteiger partial charge in [0, 0.05) is 6.54 Å². The normalized spacial score (nSPS) is 23.8. The first-order chi connectivity index (χ1) is 9.54. The van der Waals surface area contributed by atoms with E-state index in [4.69, 9.17) is 4.74 Å². The third-order valence-corrected chi connectivity index (χ3v) is 3.85. The highest BCUT2D eigenvalue weighted by atomic mass is 16.5. The maximum Gasteiger partial charge on any atom is 0.325 e. The molecule has 1 heterocycles. The van der Waals surface area contributed by atoms with Gasteiger partial charge in [0.2, 0.25) is 5.91 Å². The molecule has 5 heteroatoms. The molecule has 1 aliphatic rings. The van der Waals surface area contributed by atoms with Crippen LogP contribution >= 0.6 is 0 Å². The van der Waals surface area contributed by atoms with Gasteiger partial charge in [-0.15, -0.1) is 0 Å². The fourth-order valence-electron chi connectivity index (χ4n) is 2.46. The van der Waals surface area contributed by atoms with Crippen molar-refractivity contribution >= 4 is 11.9 Å². The Morgan fingerprint density at radius 1 is 1.35 bits per heavy atom. The van der Waals surface area contributed by atoms with Crippen molar-refractivity contribution in [2.75, 3.05) is 27.2 Å². The number of piperazine rings is 1. The zero-order chi connectivity index (χ0) is 14.7. The lowest BCUT2D eigenvalue weighted by Gasteiger charge is -2.42. The summed E-state index contributed by atoms with van der Waals surface area (Å²) in [6, 6.07) is 9.43. The van der Waals surface area contributed by atoms with Gasteiger partial charge in [-0.2, -0.15) is 0 Å². The predicted octanol–water partition coefficient (Wildman–Crippen LogP) is 1.06. The monoisotopic (exact) mass is 276 g/mol. The lowest BCUT2D eigenvalue weighted by Crippen LogP contribution is -2.56. The Bertz CT molecular complexity index is 489. The predicted molar refractivity (Wildman–Crippen MR) is 75.0 cm³/mol. The number of hydrogen-bond donors (Lipinski definition) is 0. The molecule has 1 aromatic carbocycles. The van der Waals surface area contributed by atoms with Crippen molar-refractivity contribution in [2.45, 2.75) is 19.0 Å². The summed E-state index contributed by atoms with van der Waals surface area (Å²) in [6.07, 6.45) is 0. The largest absolute Gasteiger partial charge is 0.468 e. The Hall–Kier alpha value is -1.88. The summed E-state index contributed by atoms with van der Waals surface area (Å²) >= 11 is 0. The minimum atomic E-state index is -0.393. The van der Waals surface area contributed by atoms with Crippen LogP contribution in [0, 0.1) is 0 Å².